The Labute approximate surface area is 301 Å². The molecule has 6 atom stereocenters. The van der Waals surface area contributed by atoms with Gasteiger partial charge in [-0.25, -0.2) is 0 Å². The van der Waals surface area contributed by atoms with Gasteiger partial charge in [-0.1, -0.05) is 0 Å². The average Bonchev–Trinajstić information content (AvgIpc) is 3.37. The molecule has 6 unspecified atom stereocenters. The highest BCUT2D eigenvalue weighted by Gasteiger charge is 2.53. The highest BCUT2D eigenvalue weighted by Crippen LogP contribution is 2.46. The SMILES string of the molecule is CC1(C)CC(COC(=O)CC2CCC(CC(=O)OCC3CC(C)(C)N(O)C3(C)C)CC2CC(=O)OCC2CC(C)(C)N(O)C2(C)C)C(C)(C)N1. The molecule has 1 saturated carbocycles. The number of carbonyl (C=O) groups is 3. The van der Waals surface area contributed by atoms with Crippen molar-refractivity contribution >= 4 is 17.9 Å². The molecule has 11 nitrogen and oxygen atoms in total. The molecular weight excluding hydrogens is 638 g/mol. The van der Waals surface area contributed by atoms with E-state index < -0.39 is 22.2 Å². The Morgan fingerprint density at radius 1 is 0.600 bits per heavy atom. The molecule has 3 saturated heterocycles. The molecule has 3 heterocycles. The van der Waals surface area contributed by atoms with Crippen LogP contribution in [0.1, 0.15) is 141 Å². The average molecular weight is 708 g/mol. The highest BCUT2D eigenvalue weighted by molar-refractivity contribution is 5.72. The molecule has 0 spiro atoms. The van der Waals surface area contributed by atoms with Crippen LogP contribution in [-0.4, -0.2) is 91.5 Å². The minimum atomic E-state index is -0.538. The number of nitrogens with one attached hydrogen (secondary N) is 1. The predicted molar refractivity (Wildman–Crippen MR) is 190 cm³/mol. The maximum atomic E-state index is 13.4. The first kappa shape index (κ1) is 41.0. The highest BCUT2D eigenvalue weighted by atomic mass is 16.5. The van der Waals surface area contributed by atoms with Crippen LogP contribution >= 0.6 is 0 Å². The van der Waals surface area contributed by atoms with Gasteiger partial charge in [-0.15, -0.1) is 0 Å². The lowest BCUT2D eigenvalue weighted by molar-refractivity contribution is -0.199. The van der Waals surface area contributed by atoms with Gasteiger partial charge in [0, 0.05) is 70.2 Å². The molecular formula is C39H69N3O8. The second-order valence-corrected chi connectivity index (χ2v) is 19.9. The molecule has 0 amide bonds. The summed E-state index contributed by atoms with van der Waals surface area (Å²) in [5.74, 6) is -0.818. The van der Waals surface area contributed by atoms with E-state index in [1.807, 2.05) is 55.4 Å². The number of ether oxygens (including phenoxy) is 3. The predicted octanol–water partition coefficient (Wildman–Crippen LogP) is 6.52. The van der Waals surface area contributed by atoms with Gasteiger partial charge in [0.2, 0.25) is 0 Å². The van der Waals surface area contributed by atoms with Crippen LogP contribution in [-0.2, 0) is 28.6 Å². The molecule has 0 radical (unpaired) electrons. The van der Waals surface area contributed by atoms with Crippen LogP contribution in [0.15, 0.2) is 0 Å². The van der Waals surface area contributed by atoms with E-state index in [9.17, 15) is 24.8 Å². The lowest BCUT2D eigenvalue weighted by Crippen LogP contribution is -2.47. The molecule has 288 valence electrons. The van der Waals surface area contributed by atoms with Crippen LogP contribution in [0, 0.1) is 35.5 Å². The summed E-state index contributed by atoms with van der Waals surface area (Å²) in [5, 5.41) is 27.8. The third-order valence-corrected chi connectivity index (χ3v) is 13.1. The summed E-state index contributed by atoms with van der Waals surface area (Å²) in [4.78, 5) is 39.7. The van der Waals surface area contributed by atoms with Gasteiger partial charge in [0.15, 0.2) is 0 Å². The fourth-order valence-electron chi connectivity index (χ4n) is 10.0. The van der Waals surface area contributed by atoms with E-state index in [0.717, 1.165) is 12.8 Å². The van der Waals surface area contributed by atoms with E-state index in [1.54, 1.807) is 0 Å². The third-order valence-electron chi connectivity index (χ3n) is 13.1. The number of hydrogen-bond donors (Lipinski definition) is 3. The second-order valence-electron chi connectivity index (χ2n) is 19.9. The topological polar surface area (TPSA) is 138 Å². The zero-order valence-electron chi connectivity index (χ0n) is 33.2. The lowest BCUT2D eigenvalue weighted by atomic mass is 9.70. The first-order valence-electron chi connectivity index (χ1n) is 19.0. The maximum Gasteiger partial charge on any atom is 0.306 e. The Kier molecular flexibility index (Phi) is 11.9. The molecule has 0 aromatic heterocycles. The lowest BCUT2D eigenvalue weighted by Gasteiger charge is -2.36. The molecule has 3 N–H and O–H groups in total. The Balaban J connectivity index is 1.36. The third kappa shape index (κ3) is 9.22. The van der Waals surface area contributed by atoms with Gasteiger partial charge in [-0.05, 0) is 139 Å². The fourth-order valence-corrected chi connectivity index (χ4v) is 10.0. The summed E-state index contributed by atoms with van der Waals surface area (Å²) in [6.07, 6.45) is 5.06. The smallest absolute Gasteiger partial charge is 0.306 e. The number of nitrogens with zero attached hydrogens (tertiary/aromatic N) is 2. The van der Waals surface area contributed by atoms with E-state index in [4.69, 9.17) is 14.2 Å². The van der Waals surface area contributed by atoms with Gasteiger partial charge in [0.25, 0.3) is 0 Å². The standard InChI is InChI=1S/C39H69N3O8/c1-34(2)19-28(37(7,8)40-34)22-48-32(44)17-26-14-13-25(16-31(43)49-23-29-20-35(3,4)41(46)38(29,9)10)15-27(26)18-33(45)50-24-30-21-36(5,6)42(47)39(30,11)12/h25-30,40,46-47H,13-24H2,1-12H3. The van der Waals surface area contributed by atoms with E-state index >= 15 is 0 Å². The van der Waals surface area contributed by atoms with Crippen LogP contribution in [0.4, 0.5) is 0 Å². The summed E-state index contributed by atoms with van der Waals surface area (Å²) >= 11 is 0. The normalized spacial score (nSPS) is 34.0. The Morgan fingerprint density at radius 3 is 1.42 bits per heavy atom. The zero-order chi connectivity index (χ0) is 37.7. The molecule has 4 rings (SSSR count). The minimum Gasteiger partial charge on any atom is -0.465 e. The molecule has 0 aromatic carbocycles. The molecule has 4 aliphatic rings. The fraction of sp³-hybridized carbons (Fsp3) is 0.923. The van der Waals surface area contributed by atoms with Gasteiger partial charge in [0.05, 0.1) is 19.8 Å². The summed E-state index contributed by atoms with van der Waals surface area (Å²) in [6, 6.07) is 0. The summed E-state index contributed by atoms with van der Waals surface area (Å²) in [6.45, 7) is 25.2. The molecule has 11 heteroatoms. The van der Waals surface area contributed by atoms with Crippen molar-refractivity contribution in [3.05, 3.63) is 0 Å². The van der Waals surface area contributed by atoms with Crippen LogP contribution in [0.25, 0.3) is 0 Å². The summed E-state index contributed by atoms with van der Waals surface area (Å²) in [5.41, 5.74) is -2.03. The first-order valence-corrected chi connectivity index (χ1v) is 19.0. The summed E-state index contributed by atoms with van der Waals surface area (Å²) < 4.78 is 17.5. The van der Waals surface area contributed by atoms with E-state index in [1.165, 1.54) is 10.1 Å². The van der Waals surface area contributed by atoms with E-state index in [2.05, 4.69) is 33.0 Å². The maximum absolute atomic E-state index is 13.4. The van der Waals surface area contributed by atoms with Crippen LogP contribution in [0.3, 0.4) is 0 Å². The number of hydrogen-bond acceptors (Lipinski definition) is 11. The zero-order valence-corrected chi connectivity index (χ0v) is 33.2. The number of esters is 3. The quantitative estimate of drug-likeness (QED) is 0.151. The van der Waals surface area contributed by atoms with E-state index in [-0.39, 0.29) is 97.0 Å². The molecule has 0 aromatic rings. The molecule has 4 fully saturated rings. The molecule has 1 aliphatic carbocycles. The first-order chi connectivity index (χ1) is 22.8. The minimum absolute atomic E-state index is 0.000658. The van der Waals surface area contributed by atoms with Gasteiger partial charge < -0.3 is 29.9 Å². The molecule has 50 heavy (non-hydrogen) atoms. The Hall–Kier alpha value is -1.79. The van der Waals surface area contributed by atoms with Crippen molar-refractivity contribution in [3.8, 4) is 0 Å². The van der Waals surface area contributed by atoms with Crippen molar-refractivity contribution in [1.29, 1.82) is 0 Å². The van der Waals surface area contributed by atoms with Crippen molar-refractivity contribution in [3.63, 3.8) is 0 Å². The van der Waals surface area contributed by atoms with E-state index in [0.29, 0.717) is 32.3 Å². The van der Waals surface area contributed by atoms with Gasteiger partial charge >= 0.3 is 17.9 Å². The number of hydroxylamine groups is 4. The van der Waals surface area contributed by atoms with Crippen molar-refractivity contribution in [2.45, 2.75) is 174 Å². The van der Waals surface area contributed by atoms with Crippen LogP contribution in [0.5, 0.6) is 0 Å². The van der Waals surface area contributed by atoms with Crippen molar-refractivity contribution in [2.75, 3.05) is 19.8 Å². The Morgan fingerprint density at radius 2 is 1.02 bits per heavy atom. The molecule has 3 aliphatic heterocycles. The largest absolute Gasteiger partial charge is 0.465 e. The van der Waals surface area contributed by atoms with Gasteiger partial charge in [-0.2, -0.15) is 10.1 Å². The second kappa shape index (κ2) is 14.6. The number of carbonyl (C=O) groups excluding carboxylic acids is 3. The van der Waals surface area contributed by atoms with Crippen molar-refractivity contribution < 1.29 is 39.0 Å². The van der Waals surface area contributed by atoms with Gasteiger partial charge in [0.1, 0.15) is 0 Å². The summed E-state index contributed by atoms with van der Waals surface area (Å²) in [7, 11) is 0. The molecule has 0 bridgehead atoms. The van der Waals surface area contributed by atoms with Gasteiger partial charge in [-0.3, -0.25) is 14.4 Å². The Bertz CT molecular complexity index is 1240. The monoisotopic (exact) mass is 708 g/mol. The van der Waals surface area contributed by atoms with Crippen molar-refractivity contribution in [2.24, 2.45) is 35.5 Å². The van der Waals surface area contributed by atoms with Crippen LogP contribution in [0.2, 0.25) is 0 Å². The van der Waals surface area contributed by atoms with Crippen LogP contribution < -0.4 is 5.32 Å². The van der Waals surface area contributed by atoms with Crippen molar-refractivity contribution in [1.82, 2.24) is 15.4 Å². The number of rotatable bonds is 12.